The molecule has 0 saturated carbocycles. The van der Waals surface area contributed by atoms with E-state index in [9.17, 15) is 4.79 Å². The number of hydrogen-bond acceptors (Lipinski definition) is 4. The highest BCUT2D eigenvalue weighted by molar-refractivity contribution is 5.81. The number of hydrogen-bond donors (Lipinski definition) is 0. The molecule has 2 heterocycles. The Labute approximate surface area is 133 Å². The van der Waals surface area contributed by atoms with Crippen molar-refractivity contribution in [2.24, 2.45) is 0 Å². The number of rotatable bonds is 5. The molecule has 0 radical (unpaired) electrons. The third kappa shape index (κ3) is 3.01. The Morgan fingerprint density at radius 2 is 1.78 bits per heavy atom. The minimum atomic E-state index is -0.0903. The molecule has 118 valence electrons. The first-order chi connectivity index (χ1) is 11.2. The van der Waals surface area contributed by atoms with Crippen LogP contribution in [0.3, 0.4) is 0 Å². The van der Waals surface area contributed by atoms with Gasteiger partial charge in [-0.05, 0) is 6.07 Å². The molecule has 0 spiro atoms. The number of pyridine rings is 1. The van der Waals surface area contributed by atoms with Crippen LogP contribution in [0, 0.1) is 0 Å². The minimum Gasteiger partial charge on any atom is -0.493 e. The summed E-state index contributed by atoms with van der Waals surface area (Å²) >= 11 is 0. The molecule has 0 bridgehead atoms. The molecule has 0 atom stereocenters. The van der Waals surface area contributed by atoms with E-state index in [2.05, 4.69) is 4.98 Å². The summed E-state index contributed by atoms with van der Waals surface area (Å²) in [6, 6.07) is 9.26. The Balaban J connectivity index is 1.96. The van der Waals surface area contributed by atoms with E-state index in [0.29, 0.717) is 35.5 Å². The standard InChI is InChI=1S/C17H18N3O3/c1-22-15-10-13-14(11-16(15)23-2)18-12-20(17(13)21)9-8-19-6-4-3-5-7-19/h3-7,10-12H,8-9H2,1-2H3/q+1. The van der Waals surface area contributed by atoms with Crippen molar-refractivity contribution < 1.29 is 14.0 Å². The van der Waals surface area contributed by atoms with E-state index >= 15 is 0 Å². The molecule has 23 heavy (non-hydrogen) atoms. The molecule has 6 nitrogen and oxygen atoms in total. The number of fused-ring (bicyclic) bond motifs is 1. The SMILES string of the molecule is COc1cc2ncn(CC[n+]3ccccc3)c(=O)c2cc1OC. The highest BCUT2D eigenvalue weighted by Gasteiger charge is 2.11. The molecule has 0 amide bonds. The molecule has 2 aromatic heterocycles. The summed E-state index contributed by atoms with van der Waals surface area (Å²) in [7, 11) is 3.10. The lowest BCUT2D eigenvalue weighted by molar-refractivity contribution is -0.698. The zero-order valence-corrected chi connectivity index (χ0v) is 13.1. The summed E-state index contributed by atoms with van der Waals surface area (Å²) in [5.74, 6) is 1.08. The van der Waals surface area contributed by atoms with Gasteiger partial charge in [-0.15, -0.1) is 0 Å². The lowest BCUT2D eigenvalue weighted by Crippen LogP contribution is -2.36. The summed E-state index contributed by atoms with van der Waals surface area (Å²) < 4.78 is 14.1. The molecule has 0 N–H and O–H groups in total. The second-order valence-electron chi connectivity index (χ2n) is 5.08. The second-order valence-corrected chi connectivity index (χ2v) is 5.08. The van der Waals surface area contributed by atoms with Crippen molar-refractivity contribution in [3.05, 3.63) is 59.4 Å². The van der Waals surface area contributed by atoms with Gasteiger partial charge in [-0.2, -0.15) is 0 Å². The number of aryl methyl sites for hydroxylation is 2. The van der Waals surface area contributed by atoms with Crippen LogP contribution in [0.5, 0.6) is 11.5 Å². The van der Waals surface area contributed by atoms with Crippen LogP contribution in [0.4, 0.5) is 0 Å². The van der Waals surface area contributed by atoms with Crippen LogP contribution in [-0.4, -0.2) is 23.8 Å². The van der Waals surface area contributed by atoms with Gasteiger partial charge >= 0.3 is 0 Å². The van der Waals surface area contributed by atoms with Crippen LogP contribution in [-0.2, 0) is 13.1 Å². The van der Waals surface area contributed by atoms with Crippen molar-refractivity contribution in [3.8, 4) is 11.5 Å². The van der Waals surface area contributed by atoms with Crippen molar-refractivity contribution in [1.29, 1.82) is 0 Å². The zero-order valence-electron chi connectivity index (χ0n) is 13.1. The van der Waals surface area contributed by atoms with Crippen molar-refractivity contribution in [2.45, 2.75) is 13.1 Å². The van der Waals surface area contributed by atoms with Crippen molar-refractivity contribution >= 4 is 10.9 Å². The Morgan fingerprint density at radius 1 is 1.09 bits per heavy atom. The van der Waals surface area contributed by atoms with E-state index in [1.807, 2.05) is 35.2 Å². The van der Waals surface area contributed by atoms with Crippen LogP contribution in [0.15, 0.2) is 53.8 Å². The van der Waals surface area contributed by atoms with Crippen molar-refractivity contribution in [1.82, 2.24) is 9.55 Å². The predicted molar refractivity (Wildman–Crippen MR) is 85.7 cm³/mol. The van der Waals surface area contributed by atoms with E-state index < -0.39 is 0 Å². The topological polar surface area (TPSA) is 57.2 Å². The normalized spacial score (nSPS) is 10.7. The first-order valence-corrected chi connectivity index (χ1v) is 7.28. The minimum absolute atomic E-state index is 0.0903. The zero-order chi connectivity index (χ0) is 16.2. The third-order valence-electron chi connectivity index (χ3n) is 3.71. The molecule has 1 aromatic carbocycles. The first kappa shape index (κ1) is 15.0. The van der Waals surface area contributed by atoms with Gasteiger partial charge in [0.05, 0.1) is 38.0 Å². The average Bonchev–Trinajstić information content (AvgIpc) is 2.61. The predicted octanol–water partition coefficient (Wildman–Crippen LogP) is 1.40. The molecule has 0 aliphatic rings. The van der Waals surface area contributed by atoms with Gasteiger partial charge in [0.2, 0.25) is 0 Å². The summed E-state index contributed by atoms with van der Waals surface area (Å²) in [4.78, 5) is 17.0. The van der Waals surface area contributed by atoms with Crippen molar-refractivity contribution in [3.63, 3.8) is 0 Å². The Bertz CT molecular complexity index is 875. The molecule has 3 rings (SSSR count). The fourth-order valence-electron chi connectivity index (χ4n) is 2.45. The number of benzene rings is 1. The Morgan fingerprint density at radius 3 is 2.48 bits per heavy atom. The fourth-order valence-corrected chi connectivity index (χ4v) is 2.45. The molecule has 0 saturated heterocycles. The largest absolute Gasteiger partial charge is 0.493 e. The lowest BCUT2D eigenvalue weighted by Gasteiger charge is -2.10. The van der Waals surface area contributed by atoms with Gasteiger partial charge in [0, 0.05) is 18.2 Å². The highest BCUT2D eigenvalue weighted by Crippen LogP contribution is 2.29. The molecule has 6 heteroatoms. The Hall–Kier alpha value is -2.89. The van der Waals surface area contributed by atoms with Crippen molar-refractivity contribution in [2.75, 3.05) is 14.2 Å². The fraction of sp³-hybridized carbons (Fsp3) is 0.235. The number of ether oxygens (including phenoxy) is 2. The highest BCUT2D eigenvalue weighted by atomic mass is 16.5. The van der Waals surface area contributed by atoms with Gasteiger partial charge < -0.3 is 9.47 Å². The molecule has 3 aromatic rings. The maximum absolute atomic E-state index is 12.6. The Kier molecular flexibility index (Phi) is 4.23. The molecular formula is C17H18N3O3+. The number of methoxy groups -OCH3 is 2. The lowest BCUT2D eigenvalue weighted by atomic mass is 10.2. The summed E-state index contributed by atoms with van der Waals surface area (Å²) in [6.45, 7) is 1.24. The van der Waals surface area contributed by atoms with Crippen LogP contribution < -0.4 is 19.6 Å². The van der Waals surface area contributed by atoms with E-state index in [4.69, 9.17) is 9.47 Å². The number of nitrogens with zero attached hydrogens (tertiary/aromatic N) is 3. The van der Waals surface area contributed by atoms with Gasteiger partial charge in [0.15, 0.2) is 30.4 Å². The molecule has 0 fully saturated rings. The summed E-state index contributed by atoms with van der Waals surface area (Å²) in [6.07, 6.45) is 5.50. The summed E-state index contributed by atoms with van der Waals surface area (Å²) in [5, 5.41) is 0.517. The summed E-state index contributed by atoms with van der Waals surface area (Å²) in [5.41, 5.74) is 0.503. The van der Waals surface area contributed by atoms with Gasteiger partial charge in [-0.1, -0.05) is 6.07 Å². The quantitative estimate of drug-likeness (QED) is 0.668. The van der Waals surface area contributed by atoms with E-state index in [1.165, 1.54) is 0 Å². The third-order valence-corrected chi connectivity index (χ3v) is 3.71. The van der Waals surface area contributed by atoms with Crippen LogP contribution >= 0.6 is 0 Å². The average molecular weight is 312 g/mol. The smallest absolute Gasteiger partial charge is 0.261 e. The van der Waals surface area contributed by atoms with Gasteiger partial charge in [0.25, 0.3) is 5.56 Å². The first-order valence-electron chi connectivity index (χ1n) is 7.28. The molecule has 0 aliphatic carbocycles. The molecule has 0 aliphatic heterocycles. The molecular weight excluding hydrogens is 294 g/mol. The van der Waals surface area contributed by atoms with Crippen LogP contribution in [0.2, 0.25) is 0 Å². The van der Waals surface area contributed by atoms with Gasteiger partial charge in [0.1, 0.15) is 0 Å². The van der Waals surface area contributed by atoms with E-state index in [-0.39, 0.29) is 5.56 Å². The molecule has 0 unspecified atom stereocenters. The van der Waals surface area contributed by atoms with Crippen LogP contribution in [0.1, 0.15) is 0 Å². The monoisotopic (exact) mass is 312 g/mol. The van der Waals surface area contributed by atoms with Crippen LogP contribution in [0.25, 0.3) is 10.9 Å². The second kappa shape index (κ2) is 6.48. The van der Waals surface area contributed by atoms with Gasteiger partial charge in [-0.25, -0.2) is 9.55 Å². The number of aromatic nitrogens is 3. The maximum atomic E-state index is 12.6. The van der Waals surface area contributed by atoms with E-state index in [1.54, 1.807) is 37.2 Å². The maximum Gasteiger partial charge on any atom is 0.261 e. The van der Waals surface area contributed by atoms with E-state index in [0.717, 1.165) is 0 Å². The van der Waals surface area contributed by atoms with Gasteiger partial charge in [-0.3, -0.25) is 9.36 Å².